The van der Waals surface area contributed by atoms with E-state index in [0.717, 1.165) is 14.9 Å². The van der Waals surface area contributed by atoms with E-state index in [2.05, 4.69) is 15.9 Å². The zero-order valence-corrected chi connectivity index (χ0v) is 20.4. The van der Waals surface area contributed by atoms with Crippen molar-refractivity contribution in [3.8, 4) is 0 Å². The van der Waals surface area contributed by atoms with Gasteiger partial charge in [0.2, 0.25) is 5.91 Å². The van der Waals surface area contributed by atoms with E-state index in [0.29, 0.717) is 18.7 Å². The summed E-state index contributed by atoms with van der Waals surface area (Å²) in [4.78, 5) is 31.4. The lowest BCUT2D eigenvalue weighted by Crippen LogP contribution is -2.51. The summed E-state index contributed by atoms with van der Waals surface area (Å²) in [5.74, 6) is -0.228. The van der Waals surface area contributed by atoms with E-state index in [1.807, 2.05) is 85.6 Å². The van der Waals surface area contributed by atoms with Crippen molar-refractivity contribution < 1.29 is 9.59 Å². The fraction of sp³-hybridized carbons (Fsp3) is 0.280. The van der Waals surface area contributed by atoms with Crippen LogP contribution in [0.25, 0.3) is 0 Å². The van der Waals surface area contributed by atoms with Gasteiger partial charge in [0.15, 0.2) is 0 Å². The van der Waals surface area contributed by atoms with E-state index in [4.69, 9.17) is 0 Å². The highest BCUT2D eigenvalue weighted by molar-refractivity contribution is 9.10. The number of hydrogen-bond donors (Lipinski definition) is 0. The summed E-state index contributed by atoms with van der Waals surface area (Å²) in [6, 6.07) is 21.3. The molecule has 1 heterocycles. The van der Waals surface area contributed by atoms with Crippen molar-refractivity contribution in [2.24, 2.45) is 0 Å². The van der Waals surface area contributed by atoms with Crippen LogP contribution < -0.4 is 0 Å². The number of thiophene rings is 1. The Balaban J connectivity index is 1.84. The molecule has 4 nitrogen and oxygen atoms in total. The number of nitrogens with zero attached hydrogens (tertiary/aromatic N) is 2. The molecule has 0 saturated heterocycles. The van der Waals surface area contributed by atoms with Gasteiger partial charge >= 0.3 is 0 Å². The van der Waals surface area contributed by atoms with Gasteiger partial charge in [-0.3, -0.25) is 9.59 Å². The third-order valence-electron chi connectivity index (χ3n) is 4.92. The van der Waals surface area contributed by atoms with Gasteiger partial charge in [0.25, 0.3) is 5.91 Å². The van der Waals surface area contributed by atoms with Crippen LogP contribution in [-0.2, 0) is 17.9 Å². The second-order valence-corrected chi connectivity index (χ2v) is 10.3. The maximum absolute atomic E-state index is 13.5. The largest absolute Gasteiger partial charge is 0.332 e. The van der Waals surface area contributed by atoms with Gasteiger partial charge in [0, 0.05) is 27.0 Å². The third-order valence-corrected chi connectivity index (χ3v) is 6.27. The Kier molecular flexibility index (Phi) is 7.68. The SMILES string of the molecule is CC(C)(C)N(CC(=O)N(Cc1ccccc1)Cc1cccs1)C(=O)c1cccc(Br)c1. The maximum Gasteiger partial charge on any atom is 0.254 e. The molecule has 0 spiro atoms. The van der Waals surface area contributed by atoms with Crippen molar-refractivity contribution in [3.63, 3.8) is 0 Å². The third kappa shape index (κ3) is 6.52. The Hall–Kier alpha value is -2.44. The molecular formula is C25H27BrN2O2S. The number of carbonyl (C=O) groups is 2. The van der Waals surface area contributed by atoms with Crippen LogP contribution in [-0.4, -0.2) is 33.7 Å². The molecule has 0 unspecified atom stereocenters. The molecule has 31 heavy (non-hydrogen) atoms. The highest BCUT2D eigenvalue weighted by atomic mass is 79.9. The molecule has 6 heteroatoms. The molecule has 3 aromatic rings. The van der Waals surface area contributed by atoms with E-state index >= 15 is 0 Å². The van der Waals surface area contributed by atoms with Crippen LogP contribution in [0.15, 0.2) is 76.6 Å². The summed E-state index contributed by atoms with van der Waals surface area (Å²) >= 11 is 5.06. The van der Waals surface area contributed by atoms with Crippen molar-refractivity contribution >= 4 is 39.1 Å². The van der Waals surface area contributed by atoms with Crippen LogP contribution in [0.4, 0.5) is 0 Å². The Bertz CT molecular complexity index is 1010. The second-order valence-electron chi connectivity index (χ2n) is 8.39. The van der Waals surface area contributed by atoms with Crippen molar-refractivity contribution in [3.05, 3.63) is 92.6 Å². The Labute approximate surface area is 196 Å². The number of rotatable bonds is 7. The molecule has 1 aromatic heterocycles. The second kappa shape index (κ2) is 10.2. The Morgan fingerprint density at radius 1 is 0.935 bits per heavy atom. The number of amides is 2. The zero-order valence-electron chi connectivity index (χ0n) is 18.0. The van der Waals surface area contributed by atoms with Gasteiger partial charge in [-0.25, -0.2) is 0 Å². The molecule has 3 rings (SSSR count). The fourth-order valence-corrected chi connectivity index (χ4v) is 4.37. The number of benzene rings is 2. The first-order valence-electron chi connectivity index (χ1n) is 10.2. The first kappa shape index (κ1) is 23.2. The van der Waals surface area contributed by atoms with E-state index in [-0.39, 0.29) is 18.4 Å². The van der Waals surface area contributed by atoms with E-state index in [1.54, 1.807) is 28.4 Å². The lowest BCUT2D eigenvalue weighted by Gasteiger charge is -2.37. The lowest BCUT2D eigenvalue weighted by atomic mass is 10.0. The predicted molar refractivity (Wildman–Crippen MR) is 130 cm³/mol. The van der Waals surface area contributed by atoms with Gasteiger partial charge in [0.05, 0.1) is 6.54 Å². The summed E-state index contributed by atoms with van der Waals surface area (Å²) in [6.07, 6.45) is 0. The van der Waals surface area contributed by atoms with Gasteiger partial charge in [-0.05, 0) is 56.0 Å². The van der Waals surface area contributed by atoms with Crippen molar-refractivity contribution in [1.82, 2.24) is 9.80 Å². The van der Waals surface area contributed by atoms with Crippen LogP contribution in [0.1, 0.15) is 41.6 Å². The van der Waals surface area contributed by atoms with Crippen LogP contribution >= 0.6 is 27.3 Å². The minimum Gasteiger partial charge on any atom is -0.332 e. The average Bonchev–Trinajstić information content (AvgIpc) is 3.24. The molecule has 0 radical (unpaired) electrons. The van der Waals surface area contributed by atoms with E-state index in [9.17, 15) is 9.59 Å². The Morgan fingerprint density at radius 3 is 2.29 bits per heavy atom. The zero-order chi connectivity index (χ0) is 22.4. The summed E-state index contributed by atoms with van der Waals surface area (Å²) < 4.78 is 0.835. The molecule has 0 bridgehead atoms. The highest BCUT2D eigenvalue weighted by Crippen LogP contribution is 2.21. The van der Waals surface area contributed by atoms with Gasteiger partial charge in [-0.15, -0.1) is 11.3 Å². The molecule has 0 N–H and O–H groups in total. The molecule has 0 aliphatic rings. The summed E-state index contributed by atoms with van der Waals surface area (Å²) in [7, 11) is 0. The molecule has 0 aliphatic carbocycles. The molecule has 2 aromatic carbocycles. The molecular weight excluding hydrogens is 472 g/mol. The highest BCUT2D eigenvalue weighted by Gasteiger charge is 2.31. The topological polar surface area (TPSA) is 40.6 Å². The quantitative estimate of drug-likeness (QED) is 0.401. The molecule has 0 atom stereocenters. The van der Waals surface area contributed by atoms with Crippen LogP contribution in [0.3, 0.4) is 0 Å². The summed E-state index contributed by atoms with van der Waals surface area (Å²) in [5, 5.41) is 2.01. The fourth-order valence-electron chi connectivity index (χ4n) is 3.25. The predicted octanol–water partition coefficient (Wildman–Crippen LogP) is 5.98. The molecule has 0 saturated carbocycles. The van der Waals surface area contributed by atoms with Crippen molar-refractivity contribution in [2.75, 3.05) is 6.54 Å². The minimum atomic E-state index is -0.504. The molecule has 2 amide bonds. The lowest BCUT2D eigenvalue weighted by molar-refractivity contribution is -0.134. The van der Waals surface area contributed by atoms with Crippen LogP contribution in [0.2, 0.25) is 0 Å². The smallest absolute Gasteiger partial charge is 0.254 e. The number of hydrogen-bond acceptors (Lipinski definition) is 3. The van der Waals surface area contributed by atoms with Crippen molar-refractivity contribution in [1.29, 1.82) is 0 Å². The van der Waals surface area contributed by atoms with Crippen molar-refractivity contribution in [2.45, 2.75) is 39.4 Å². The monoisotopic (exact) mass is 498 g/mol. The van der Waals surface area contributed by atoms with Gasteiger partial charge < -0.3 is 9.80 Å². The van der Waals surface area contributed by atoms with E-state index < -0.39 is 5.54 Å². The summed E-state index contributed by atoms with van der Waals surface area (Å²) in [6.45, 7) is 6.91. The maximum atomic E-state index is 13.5. The summed E-state index contributed by atoms with van der Waals surface area (Å²) in [5.41, 5.74) is 1.12. The Morgan fingerprint density at radius 2 is 1.68 bits per heavy atom. The molecule has 0 fully saturated rings. The molecule has 162 valence electrons. The first-order chi connectivity index (χ1) is 14.7. The average molecular weight is 499 g/mol. The molecule has 0 aliphatic heterocycles. The van der Waals surface area contributed by atoms with E-state index in [1.165, 1.54) is 0 Å². The normalized spacial score (nSPS) is 11.2. The minimum absolute atomic E-state index is 0.0209. The van der Waals surface area contributed by atoms with Crippen LogP contribution in [0, 0.1) is 0 Å². The first-order valence-corrected chi connectivity index (χ1v) is 11.8. The van der Waals surface area contributed by atoms with Gasteiger partial charge in [0.1, 0.15) is 6.54 Å². The number of halogens is 1. The van der Waals surface area contributed by atoms with Crippen LogP contribution in [0.5, 0.6) is 0 Å². The van der Waals surface area contributed by atoms with Gasteiger partial charge in [-0.1, -0.05) is 58.4 Å². The standard InChI is InChI=1S/C25H27BrN2O2S/c1-25(2,3)28(24(30)20-11-7-12-21(26)15-20)18-23(29)27(17-22-13-8-14-31-22)16-19-9-5-4-6-10-19/h4-15H,16-18H2,1-3H3. The van der Waals surface area contributed by atoms with Gasteiger partial charge in [-0.2, -0.15) is 0 Å². The number of carbonyl (C=O) groups excluding carboxylic acids is 2.